The third-order valence-electron chi connectivity index (χ3n) is 11.4. The molecule has 400 valence electrons. The first-order chi connectivity index (χ1) is 34.3. The number of nitro groups is 1. The van der Waals surface area contributed by atoms with Gasteiger partial charge < -0.3 is 60.1 Å². The molecule has 5 amide bonds. The fraction of sp³-hybridized carbons (Fsp3) is 0.644. The Balaban J connectivity index is 1.43. The van der Waals surface area contributed by atoms with Gasteiger partial charge in [0.2, 0.25) is 43.0 Å². The van der Waals surface area contributed by atoms with Gasteiger partial charge in [0.15, 0.2) is 11.5 Å². The lowest BCUT2D eigenvalue weighted by atomic mass is 10.0. The van der Waals surface area contributed by atoms with Crippen LogP contribution in [-0.2, 0) is 33.2 Å². The van der Waals surface area contributed by atoms with E-state index in [9.17, 15) is 38.7 Å². The molecular formula is C45H72N13O13P. The van der Waals surface area contributed by atoms with E-state index in [-0.39, 0.29) is 131 Å². The molecule has 72 heavy (non-hydrogen) atoms. The number of hydrogen-bond acceptors (Lipinski definition) is 18. The largest absolute Gasteiger partial charge is 0.493 e. The van der Waals surface area contributed by atoms with Crippen LogP contribution < -0.4 is 45.7 Å². The number of carbonyl (C=O) groups excluding carboxylic acids is 5. The first kappa shape index (κ1) is 59.8. The Bertz CT molecular complexity index is 2210. The van der Waals surface area contributed by atoms with Crippen LogP contribution in [0.2, 0.25) is 0 Å². The van der Waals surface area contributed by atoms with Crippen molar-refractivity contribution < 1.29 is 57.1 Å². The minimum absolute atomic E-state index is 0.00572. The number of benzene rings is 1. The molecule has 0 radical (unpaired) electrons. The van der Waals surface area contributed by atoms with Gasteiger partial charge in [0.25, 0.3) is 5.69 Å². The molecule has 1 aromatic heterocycles. The summed E-state index contributed by atoms with van der Waals surface area (Å²) in [6, 6.07) is 2.57. The summed E-state index contributed by atoms with van der Waals surface area (Å²) in [6.07, 6.45) is 6.37. The lowest BCUT2D eigenvalue weighted by Gasteiger charge is -2.39. The van der Waals surface area contributed by atoms with Gasteiger partial charge in [-0.15, -0.1) is 6.42 Å². The Morgan fingerprint density at radius 1 is 0.875 bits per heavy atom. The van der Waals surface area contributed by atoms with Crippen molar-refractivity contribution in [1.29, 1.82) is 0 Å². The summed E-state index contributed by atoms with van der Waals surface area (Å²) in [4.78, 5) is 91.8. The van der Waals surface area contributed by atoms with E-state index in [4.69, 9.17) is 35.8 Å². The highest BCUT2D eigenvalue weighted by atomic mass is 31.2. The summed E-state index contributed by atoms with van der Waals surface area (Å²) in [6.45, 7) is 4.76. The van der Waals surface area contributed by atoms with E-state index < -0.39 is 30.5 Å². The van der Waals surface area contributed by atoms with Crippen molar-refractivity contribution in [3.05, 3.63) is 27.8 Å². The Labute approximate surface area is 420 Å². The zero-order valence-corrected chi connectivity index (χ0v) is 43.4. The third-order valence-corrected chi connectivity index (χ3v) is 14.4. The topological polar surface area (TPSA) is 309 Å². The number of carbonyl (C=O) groups is 5. The minimum atomic E-state index is -2.67. The summed E-state index contributed by atoms with van der Waals surface area (Å²) >= 11 is 0. The van der Waals surface area contributed by atoms with E-state index in [1.807, 2.05) is 9.57 Å². The molecule has 26 nitrogen and oxygen atoms in total. The van der Waals surface area contributed by atoms with Crippen molar-refractivity contribution in [3.63, 3.8) is 0 Å². The number of terminal acetylenes is 1. The number of aromatic nitrogens is 3. The molecule has 1 aliphatic rings. The van der Waals surface area contributed by atoms with E-state index >= 15 is 0 Å². The summed E-state index contributed by atoms with van der Waals surface area (Å²) < 4.78 is 44.6. The Morgan fingerprint density at radius 3 is 2.17 bits per heavy atom. The number of nitrogens with one attached hydrogen (secondary N) is 3. The van der Waals surface area contributed by atoms with Crippen molar-refractivity contribution in [3.8, 4) is 29.9 Å². The number of anilines is 2. The van der Waals surface area contributed by atoms with Crippen molar-refractivity contribution >= 4 is 54.7 Å². The van der Waals surface area contributed by atoms with Gasteiger partial charge in [-0.1, -0.05) is 12.3 Å². The molecule has 2 aromatic rings. The molecule has 2 atom stereocenters. The molecule has 1 fully saturated rings. The second kappa shape index (κ2) is 31.0. The number of likely N-dealkylation sites (N-methyl/N-ethyl adjacent to an activating group) is 1. The Hall–Kier alpha value is -6.55. The summed E-state index contributed by atoms with van der Waals surface area (Å²) in [5.74, 6) is 1.96. The molecule has 0 spiro atoms. The van der Waals surface area contributed by atoms with Crippen LogP contribution in [0.5, 0.6) is 17.5 Å². The second-order valence-electron chi connectivity index (χ2n) is 16.9. The number of alkyl carbamates (subject to hydrolysis) is 1. The first-order valence-corrected chi connectivity index (χ1v) is 25.6. The molecule has 27 heteroatoms. The van der Waals surface area contributed by atoms with Gasteiger partial charge >= 0.3 is 12.1 Å². The fourth-order valence-corrected chi connectivity index (χ4v) is 8.56. The molecule has 0 bridgehead atoms. The number of nitro benzene ring substituents is 1. The SMILES string of the molecule is C#CCNC(=O)CCCCCNC(=O)OC(CCN(C)C(=O)CCCCC(=O)NCCOCCOc1nc(N(C)CC(N)=O)nc(N2CCN(P(C)(=O)N(C)C)CC2)n1)c1cc(OC)c(OC)cc1[N+](=O)[O-]. The number of unbranched alkanes of at least 4 members (excludes halogenated alkanes) is 3. The highest BCUT2D eigenvalue weighted by Gasteiger charge is 2.33. The molecular weight excluding hydrogens is 962 g/mol. The maximum absolute atomic E-state index is 13.2. The van der Waals surface area contributed by atoms with Crippen molar-refractivity contribution in [2.45, 2.75) is 63.9 Å². The van der Waals surface area contributed by atoms with Crippen LogP contribution in [0.3, 0.4) is 0 Å². The van der Waals surface area contributed by atoms with Gasteiger partial charge in [-0.2, -0.15) is 15.0 Å². The number of nitrogens with zero attached hydrogens (tertiary/aromatic N) is 9. The van der Waals surface area contributed by atoms with E-state index in [0.29, 0.717) is 64.2 Å². The van der Waals surface area contributed by atoms with Gasteiger partial charge in [-0.3, -0.25) is 33.9 Å². The van der Waals surface area contributed by atoms with E-state index in [0.717, 1.165) is 0 Å². The lowest BCUT2D eigenvalue weighted by Crippen LogP contribution is -2.47. The second-order valence-corrected chi connectivity index (χ2v) is 20.0. The molecule has 1 saturated heterocycles. The van der Waals surface area contributed by atoms with E-state index in [2.05, 4.69) is 36.8 Å². The zero-order valence-electron chi connectivity index (χ0n) is 42.5. The van der Waals surface area contributed by atoms with E-state index in [1.54, 1.807) is 39.5 Å². The van der Waals surface area contributed by atoms with Crippen LogP contribution in [0.15, 0.2) is 12.1 Å². The molecule has 5 N–H and O–H groups in total. The van der Waals surface area contributed by atoms with Gasteiger partial charge in [0.05, 0.1) is 57.1 Å². The molecule has 1 aromatic carbocycles. The van der Waals surface area contributed by atoms with Crippen molar-refractivity contribution in [2.24, 2.45) is 5.73 Å². The lowest BCUT2D eigenvalue weighted by molar-refractivity contribution is -0.386. The monoisotopic (exact) mass is 1030 g/mol. The van der Waals surface area contributed by atoms with Crippen LogP contribution in [-0.4, -0.2) is 192 Å². The van der Waals surface area contributed by atoms with Crippen LogP contribution in [0.25, 0.3) is 0 Å². The average Bonchev–Trinajstić information content (AvgIpc) is 3.35. The molecule has 3 rings (SSSR count). The molecule has 0 saturated carbocycles. The maximum Gasteiger partial charge on any atom is 0.407 e. The molecule has 2 heterocycles. The van der Waals surface area contributed by atoms with E-state index in [1.165, 1.54) is 36.2 Å². The number of primary amides is 1. The highest BCUT2D eigenvalue weighted by Crippen LogP contribution is 2.47. The summed E-state index contributed by atoms with van der Waals surface area (Å²) in [7, 11) is 6.81. The first-order valence-electron chi connectivity index (χ1n) is 23.6. The van der Waals surface area contributed by atoms with Crippen molar-refractivity contribution in [2.75, 3.05) is 138 Å². The molecule has 1 aliphatic heterocycles. The normalized spacial score (nSPS) is 13.7. The number of ether oxygens (including phenoxy) is 5. The van der Waals surface area contributed by atoms with Crippen LogP contribution in [0.4, 0.5) is 22.4 Å². The smallest absolute Gasteiger partial charge is 0.407 e. The standard InChI is InChI=1S/C45H72N13O13P/c1-9-19-47-39(60)15-11-10-14-20-49-45(63)71-35(33-30-36(67-6)37(68-7)31-34(33)58(64)65)18-22-54(4)41(62)17-13-12-16-40(61)48-21-27-69-28-29-70-44-51-42(55(5)32-38(46)59)50-43(52-44)56-23-25-57(26-24-56)72(8,66)53(2)3/h1,30-31,35H,10-29,32H2,2-8H3,(H2,46,59)(H,47,60)(H,48,61)(H,49,63). The summed E-state index contributed by atoms with van der Waals surface area (Å²) in [5.41, 5.74) is 5.08. The Kier molecular flexibility index (Phi) is 25.8. The highest BCUT2D eigenvalue weighted by molar-refractivity contribution is 7.58. The van der Waals surface area contributed by atoms with Gasteiger partial charge in [0.1, 0.15) is 12.7 Å². The number of amides is 5. The van der Waals surface area contributed by atoms with Gasteiger partial charge in [-0.05, 0) is 45.8 Å². The molecule has 2 unspecified atom stereocenters. The number of nitrogens with two attached hydrogens (primary N) is 1. The average molecular weight is 1030 g/mol. The van der Waals surface area contributed by atoms with Crippen LogP contribution in [0.1, 0.15) is 69.5 Å². The predicted octanol–water partition coefficient (Wildman–Crippen LogP) is 1.92. The van der Waals surface area contributed by atoms with Crippen LogP contribution >= 0.6 is 7.44 Å². The number of hydrogen-bond donors (Lipinski definition) is 4. The molecule has 0 aliphatic carbocycles. The Morgan fingerprint density at radius 2 is 1.53 bits per heavy atom. The summed E-state index contributed by atoms with van der Waals surface area (Å²) in [5, 5.41) is 20.2. The van der Waals surface area contributed by atoms with Gasteiger partial charge in [0, 0.05) is 92.3 Å². The fourth-order valence-electron chi connectivity index (χ4n) is 7.13. The third kappa shape index (κ3) is 20.3. The zero-order chi connectivity index (χ0) is 53.2. The maximum atomic E-state index is 13.2. The van der Waals surface area contributed by atoms with Crippen molar-refractivity contribution in [1.82, 2.24) is 45.1 Å². The number of piperazine rings is 1. The quantitative estimate of drug-likeness (QED) is 0.0261. The van der Waals surface area contributed by atoms with Gasteiger partial charge in [-0.25, -0.2) is 14.1 Å². The minimum Gasteiger partial charge on any atom is -0.493 e. The number of methoxy groups -OCH3 is 2. The number of rotatable bonds is 33. The predicted molar refractivity (Wildman–Crippen MR) is 267 cm³/mol. The van der Waals surface area contributed by atoms with Crippen LogP contribution in [0, 0.1) is 22.5 Å².